The number of phosphoric acid groups is 1. The van der Waals surface area contributed by atoms with Gasteiger partial charge in [-0.1, -0.05) is 312 Å². The van der Waals surface area contributed by atoms with E-state index in [2.05, 4.69) is 67.8 Å². The van der Waals surface area contributed by atoms with Crippen LogP contribution in [0.1, 0.15) is 316 Å². The first-order valence-corrected chi connectivity index (χ1v) is 34.6. The smallest absolute Gasteiger partial charge is 0.268 e. The number of quaternary nitrogens is 1. The molecule has 0 bridgehead atoms. The van der Waals surface area contributed by atoms with Crippen molar-refractivity contribution in [2.75, 3.05) is 40.9 Å². The van der Waals surface area contributed by atoms with E-state index < -0.39 is 20.0 Å². The molecule has 452 valence electrons. The molecule has 77 heavy (non-hydrogen) atoms. The van der Waals surface area contributed by atoms with E-state index >= 15 is 0 Å². The van der Waals surface area contributed by atoms with Crippen molar-refractivity contribution >= 4 is 13.7 Å². The molecule has 0 aliphatic carbocycles. The van der Waals surface area contributed by atoms with Crippen LogP contribution in [-0.2, 0) is 18.4 Å². The first kappa shape index (κ1) is 75.2. The summed E-state index contributed by atoms with van der Waals surface area (Å²) in [6.07, 6.45) is 80.4. The molecular weight excluding hydrogens is 972 g/mol. The standard InChI is InChI=1S/C68H129N2O6P/c1-6-8-10-12-14-16-18-20-22-24-26-28-30-32-34-35-36-38-40-42-44-46-48-50-52-54-56-58-60-62-68(72)69-66(65-76-77(73,74)75-64-63-70(3,4)5)67(71)61-59-57-55-53-51-49-47-45-43-41-39-37-33-31-29-27-25-23-21-19-17-15-13-11-9-7-2/h8,10,14,16,20,22,26,28,59,61,66-67,71H,6-7,9,11-13,15,17-19,21,23-25,27,29-58,60,62-65H2,1-5H3,(H-,69,72,73,74)/b10-8-,16-14-,22-20-,28-26-,61-59+. The van der Waals surface area contributed by atoms with Crippen molar-refractivity contribution in [3.05, 3.63) is 60.8 Å². The Hall–Kier alpha value is -1.80. The first-order valence-electron chi connectivity index (χ1n) is 33.2. The lowest BCUT2D eigenvalue weighted by Gasteiger charge is -2.29. The van der Waals surface area contributed by atoms with Gasteiger partial charge in [-0.2, -0.15) is 0 Å². The Morgan fingerprint density at radius 1 is 0.468 bits per heavy atom. The van der Waals surface area contributed by atoms with E-state index in [4.69, 9.17) is 9.05 Å². The number of likely N-dealkylation sites (N-methyl/N-ethyl adjacent to an activating group) is 1. The first-order chi connectivity index (χ1) is 37.5. The summed E-state index contributed by atoms with van der Waals surface area (Å²) in [6.45, 7) is 4.58. The average Bonchev–Trinajstić information content (AvgIpc) is 3.39. The van der Waals surface area contributed by atoms with E-state index in [1.165, 1.54) is 231 Å². The number of carbonyl (C=O) groups is 1. The average molecular weight is 1100 g/mol. The molecular formula is C68H129N2O6P. The second-order valence-corrected chi connectivity index (χ2v) is 25.2. The molecule has 0 spiro atoms. The number of aliphatic hydroxyl groups excluding tert-OH is 1. The highest BCUT2D eigenvalue weighted by atomic mass is 31.2. The molecule has 0 aromatic heterocycles. The number of carbonyl (C=O) groups excluding carboxylic acids is 1. The fraction of sp³-hybridized carbons (Fsp3) is 0.838. The van der Waals surface area contributed by atoms with Crippen molar-refractivity contribution in [2.24, 2.45) is 0 Å². The van der Waals surface area contributed by atoms with Crippen molar-refractivity contribution in [1.29, 1.82) is 0 Å². The molecule has 0 aromatic carbocycles. The highest BCUT2D eigenvalue weighted by molar-refractivity contribution is 7.45. The Kier molecular flexibility index (Phi) is 57.5. The second kappa shape index (κ2) is 58.8. The number of amides is 1. The molecule has 0 radical (unpaired) electrons. The summed E-state index contributed by atoms with van der Waals surface area (Å²) >= 11 is 0. The van der Waals surface area contributed by atoms with Crippen molar-refractivity contribution in [3.8, 4) is 0 Å². The fourth-order valence-corrected chi connectivity index (χ4v) is 10.6. The molecule has 8 nitrogen and oxygen atoms in total. The van der Waals surface area contributed by atoms with Crippen molar-refractivity contribution in [1.82, 2.24) is 5.32 Å². The molecule has 0 saturated carbocycles. The zero-order valence-corrected chi connectivity index (χ0v) is 52.6. The van der Waals surface area contributed by atoms with Gasteiger partial charge in [0.25, 0.3) is 7.82 Å². The third-order valence-corrected chi connectivity index (χ3v) is 15.9. The Morgan fingerprint density at radius 3 is 1.16 bits per heavy atom. The minimum absolute atomic E-state index is 0.00105. The molecule has 9 heteroatoms. The highest BCUT2D eigenvalue weighted by Crippen LogP contribution is 2.38. The van der Waals surface area contributed by atoms with Crippen LogP contribution in [0.3, 0.4) is 0 Å². The van der Waals surface area contributed by atoms with E-state index in [1.54, 1.807) is 6.08 Å². The van der Waals surface area contributed by atoms with E-state index in [0.717, 1.165) is 64.2 Å². The van der Waals surface area contributed by atoms with Gasteiger partial charge in [-0.05, 0) is 57.8 Å². The molecule has 0 aromatic rings. The predicted octanol–water partition coefficient (Wildman–Crippen LogP) is 20.2. The molecule has 0 saturated heterocycles. The lowest BCUT2D eigenvalue weighted by molar-refractivity contribution is -0.870. The topological polar surface area (TPSA) is 108 Å². The Labute approximate surface area is 479 Å². The Balaban J connectivity index is 4.10. The second-order valence-electron chi connectivity index (χ2n) is 23.8. The zero-order valence-electron chi connectivity index (χ0n) is 51.7. The van der Waals surface area contributed by atoms with Crippen LogP contribution in [0.2, 0.25) is 0 Å². The van der Waals surface area contributed by atoms with Crippen LogP contribution in [0, 0.1) is 0 Å². The van der Waals surface area contributed by atoms with Crippen LogP contribution in [0.15, 0.2) is 60.8 Å². The lowest BCUT2D eigenvalue weighted by atomic mass is 10.0. The number of hydrogen-bond donors (Lipinski definition) is 2. The van der Waals surface area contributed by atoms with Crippen LogP contribution in [0.4, 0.5) is 0 Å². The number of hydrogen-bond acceptors (Lipinski definition) is 6. The summed E-state index contributed by atoms with van der Waals surface area (Å²) in [5, 5.41) is 14.0. The SMILES string of the molecule is CC/C=C\C/C=C\C/C=C\C/C=C\CCCCCCCCCCCCCCCCCCC(=O)NC(COP(=O)([O-])OCC[N+](C)(C)C)C(O)/C=C/CCCCCCCCCCCCCCCCCCCCCCCCCC. The summed E-state index contributed by atoms with van der Waals surface area (Å²) in [5.74, 6) is -0.194. The maximum absolute atomic E-state index is 13.0. The summed E-state index contributed by atoms with van der Waals surface area (Å²) in [7, 11) is 1.27. The van der Waals surface area contributed by atoms with Crippen LogP contribution < -0.4 is 10.2 Å². The number of allylic oxidation sites excluding steroid dienone is 9. The molecule has 0 aliphatic rings. The normalized spacial score (nSPS) is 14.1. The largest absolute Gasteiger partial charge is 0.756 e. The molecule has 0 fully saturated rings. The summed E-state index contributed by atoms with van der Waals surface area (Å²) in [4.78, 5) is 25.6. The van der Waals surface area contributed by atoms with E-state index in [0.29, 0.717) is 17.4 Å². The molecule has 2 N–H and O–H groups in total. The maximum Gasteiger partial charge on any atom is 0.268 e. The Bertz CT molecular complexity index is 1440. The third-order valence-electron chi connectivity index (χ3n) is 15.0. The van der Waals surface area contributed by atoms with E-state index in [1.807, 2.05) is 27.2 Å². The fourth-order valence-electron chi connectivity index (χ4n) is 9.85. The molecule has 0 rings (SSSR count). The number of unbranched alkanes of at least 4 members (excludes halogenated alkanes) is 40. The monoisotopic (exact) mass is 1100 g/mol. The zero-order chi connectivity index (χ0) is 56.3. The quantitative estimate of drug-likeness (QED) is 0.0272. The van der Waals surface area contributed by atoms with Crippen LogP contribution >= 0.6 is 7.82 Å². The summed E-state index contributed by atoms with van der Waals surface area (Å²) in [5.41, 5.74) is 0. The lowest BCUT2D eigenvalue weighted by Crippen LogP contribution is -2.45. The minimum atomic E-state index is -4.60. The Morgan fingerprint density at radius 2 is 0.792 bits per heavy atom. The van der Waals surface area contributed by atoms with Gasteiger partial charge >= 0.3 is 0 Å². The van der Waals surface area contributed by atoms with Crippen molar-refractivity contribution < 1.29 is 32.9 Å². The number of rotatable bonds is 61. The van der Waals surface area contributed by atoms with Gasteiger partial charge in [-0.15, -0.1) is 0 Å². The number of aliphatic hydroxyl groups is 1. The predicted molar refractivity (Wildman–Crippen MR) is 334 cm³/mol. The number of phosphoric ester groups is 1. The molecule has 0 heterocycles. The molecule has 1 amide bonds. The van der Waals surface area contributed by atoms with Crippen molar-refractivity contribution in [3.63, 3.8) is 0 Å². The maximum atomic E-state index is 13.0. The summed E-state index contributed by atoms with van der Waals surface area (Å²) in [6, 6.07) is -0.889. The molecule has 3 unspecified atom stereocenters. The minimum Gasteiger partial charge on any atom is -0.756 e. The van der Waals surface area contributed by atoms with Crippen LogP contribution in [-0.4, -0.2) is 68.5 Å². The number of nitrogens with one attached hydrogen (secondary N) is 1. The van der Waals surface area contributed by atoms with Gasteiger partial charge in [0.1, 0.15) is 13.2 Å². The van der Waals surface area contributed by atoms with Gasteiger partial charge in [0.15, 0.2) is 0 Å². The van der Waals surface area contributed by atoms with Crippen LogP contribution in [0.25, 0.3) is 0 Å². The van der Waals surface area contributed by atoms with Gasteiger partial charge < -0.3 is 28.8 Å². The summed E-state index contributed by atoms with van der Waals surface area (Å²) < 4.78 is 23.4. The highest BCUT2D eigenvalue weighted by Gasteiger charge is 2.23. The third kappa shape index (κ3) is 61.7. The van der Waals surface area contributed by atoms with E-state index in [9.17, 15) is 19.4 Å². The van der Waals surface area contributed by atoms with Gasteiger partial charge in [0, 0.05) is 6.42 Å². The van der Waals surface area contributed by atoms with Gasteiger partial charge in [0.05, 0.1) is 39.9 Å². The van der Waals surface area contributed by atoms with E-state index in [-0.39, 0.29) is 19.1 Å². The van der Waals surface area contributed by atoms with Crippen LogP contribution in [0.5, 0.6) is 0 Å². The molecule has 3 atom stereocenters. The molecule has 0 aliphatic heterocycles. The van der Waals surface area contributed by atoms with Crippen molar-refractivity contribution in [2.45, 2.75) is 328 Å². The van der Waals surface area contributed by atoms with Gasteiger partial charge in [-0.3, -0.25) is 9.36 Å². The van der Waals surface area contributed by atoms with Gasteiger partial charge in [-0.25, -0.2) is 0 Å². The number of nitrogens with zero attached hydrogens (tertiary/aromatic N) is 1. The van der Waals surface area contributed by atoms with Gasteiger partial charge in [0.2, 0.25) is 5.91 Å².